The van der Waals surface area contributed by atoms with Gasteiger partial charge < -0.3 is 0 Å². The maximum atomic E-state index is 4.43. The second kappa shape index (κ2) is 4.44. The zero-order valence-corrected chi connectivity index (χ0v) is 9.94. The number of nitrogens with zero attached hydrogens (tertiary/aromatic N) is 2. The molecule has 0 radical (unpaired) electrons. The van der Waals surface area contributed by atoms with Gasteiger partial charge in [0.15, 0.2) is 5.82 Å². The van der Waals surface area contributed by atoms with E-state index >= 15 is 0 Å². The highest BCUT2D eigenvalue weighted by Gasteiger charge is 2.04. The number of hydrogen-bond donors (Lipinski definition) is 0. The van der Waals surface area contributed by atoms with Crippen LogP contribution in [0.3, 0.4) is 0 Å². The summed E-state index contributed by atoms with van der Waals surface area (Å²) < 4.78 is 0. The molecule has 0 saturated carbocycles. The molecule has 0 aliphatic rings. The zero-order chi connectivity index (χ0) is 11.5. The first-order valence-electron chi connectivity index (χ1n) is 5.57. The van der Waals surface area contributed by atoms with Gasteiger partial charge in [0.25, 0.3) is 0 Å². The van der Waals surface area contributed by atoms with E-state index in [4.69, 9.17) is 0 Å². The third-order valence-electron chi connectivity index (χ3n) is 2.61. The zero-order valence-electron chi connectivity index (χ0n) is 9.94. The van der Waals surface area contributed by atoms with Gasteiger partial charge in [-0.05, 0) is 30.5 Å². The molecule has 0 aliphatic heterocycles. The first kappa shape index (κ1) is 10.8. The van der Waals surface area contributed by atoms with Gasteiger partial charge in [-0.15, -0.1) is 0 Å². The van der Waals surface area contributed by atoms with Crippen molar-refractivity contribution in [3.8, 4) is 11.4 Å². The fourth-order valence-corrected chi connectivity index (χ4v) is 1.62. The van der Waals surface area contributed by atoms with Crippen LogP contribution in [0, 0.1) is 6.92 Å². The highest BCUT2D eigenvalue weighted by Crippen LogP contribution is 2.21. The Balaban J connectivity index is 2.44. The molecular weight excluding hydrogens is 196 g/mol. The summed E-state index contributed by atoms with van der Waals surface area (Å²) in [5.41, 5.74) is 3.41. The summed E-state index contributed by atoms with van der Waals surface area (Å²) in [6.07, 6.45) is 1.81. The van der Waals surface area contributed by atoms with Crippen molar-refractivity contribution < 1.29 is 0 Å². The van der Waals surface area contributed by atoms with Crippen LogP contribution in [-0.2, 0) is 0 Å². The summed E-state index contributed by atoms with van der Waals surface area (Å²) in [5, 5.41) is 0. The average molecular weight is 212 g/mol. The normalized spacial score (nSPS) is 10.8. The molecule has 1 aromatic heterocycles. The summed E-state index contributed by atoms with van der Waals surface area (Å²) in [6, 6.07) is 10.3. The van der Waals surface area contributed by atoms with Crippen molar-refractivity contribution in [2.24, 2.45) is 0 Å². The summed E-state index contributed by atoms with van der Waals surface area (Å²) in [7, 11) is 0. The molecule has 0 atom stereocenters. The SMILES string of the molecule is Cc1ccnc(-c2cccc(C(C)C)c2)n1. The van der Waals surface area contributed by atoms with Gasteiger partial charge in [-0.1, -0.05) is 32.0 Å². The Morgan fingerprint density at radius 2 is 1.94 bits per heavy atom. The van der Waals surface area contributed by atoms with Gasteiger partial charge in [0, 0.05) is 17.5 Å². The lowest BCUT2D eigenvalue weighted by molar-refractivity contribution is 0.866. The van der Waals surface area contributed by atoms with Crippen LogP contribution >= 0.6 is 0 Å². The Hall–Kier alpha value is -1.70. The van der Waals surface area contributed by atoms with Crippen molar-refractivity contribution in [1.82, 2.24) is 9.97 Å². The van der Waals surface area contributed by atoms with Crippen LogP contribution in [-0.4, -0.2) is 9.97 Å². The Morgan fingerprint density at radius 1 is 1.12 bits per heavy atom. The van der Waals surface area contributed by atoms with Gasteiger partial charge in [0.2, 0.25) is 0 Å². The van der Waals surface area contributed by atoms with Gasteiger partial charge in [-0.25, -0.2) is 9.97 Å². The van der Waals surface area contributed by atoms with E-state index in [1.807, 2.05) is 13.0 Å². The fraction of sp³-hybridized carbons (Fsp3) is 0.286. The third kappa shape index (κ3) is 2.27. The van der Waals surface area contributed by atoms with E-state index in [9.17, 15) is 0 Å². The van der Waals surface area contributed by atoms with Crippen molar-refractivity contribution in [3.63, 3.8) is 0 Å². The molecule has 2 nitrogen and oxygen atoms in total. The smallest absolute Gasteiger partial charge is 0.159 e. The number of aromatic nitrogens is 2. The van der Waals surface area contributed by atoms with Gasteiger partial charge >= 0.3 is 0 Å². The molecule has 0 spiro atoms. The lowest BCUT2D eigenvalue weighted by Gasteiger charge is -2.07. The molecule has 1 aromatic carbocycles. The summed E-state index contributed by atoms with van der Waals surface area (Å²) in [6.45, 7) is 6.36. The van der Waals surface area contributed by atoms with E-state index in [2.05, 4.69) is 48.1 Å². The molecule has 0 aliphatic carbocycles. The molecule has 2 rings (SSSR count). The van der Waals surface area contributed by atoms with E-state index in [0.717, 1.165) is 17.1 Å². The molecule has 0 saturated heterocycles. The lowest BCUT2D eigenvalue weighted by atomic mass is 10.0. The van der Waals surface area contributed by atoms with Gasteiger partial charge in [-0.2, -0.15) is 0 Å². The van der Waals surface area contributed by atoms with Crippen molar-refractivity contribution in [3.05, 3.63) is 47.8 Å². The number of benzene rings is 1. The summed E-state index contributed by atoms with van der Waals surface area (Å²) in [5.74, 6) is 1.34. The molecule has 16 heavy (non-hydrogen) atoms. The molecule has 0 unspecified atom stereocenters. The Labute approximate surface area is 96.4 Å². The fourth-order valence-electron chi connectivity index (χ4n) is 1.62. The quantitative estimate of drug-likeness (QED) is 0.760. The second-order valence-electron chi connectivity index (χ2n) is 4.30. The minimum atomic E-state index is 0.532. The predicted octanol–water partition coefficient (Wildman–Crippen LogP) is 3.58. The largest absolute Gasteiger partial charge is 0.237 e. The minimum absolute atomic E-state index is 0.532. The van der Waals surface area contributed by atoms with Crippen molar-refractivity contribution in [1.29, 1.82) is 0 Å². The molecule has 0 amide bonds. The first-order chi connectivity index (χ1) is 7.66. The van der Waals surface area contributed by atoms with E-state index in [-0.39, 0.29) is 0 Å². The molecule has 0 bridgehead atoms. The van der Waals surface area contributed by atoms with Gasteiger partial charge in [0.05, 0.1) is 0 Å². The number of aryl methyl sites for hydroxylation is 1. The third-order valence-corrected chi connectivity index (χ3v) is 2.61. The Morgan fingerprint density at radius 3 is 2.62 bits per heavy atom. The van der Waals surface area contributed by atoms with Crippen LogP contribution < -0.4 is 0 Å². The van der Waals surface area contributed by atoms with Gasteiger partial charge in [-0.3, -0.25) is 0 Å². The lowest BCUT2D eigenvalue weighted by Crippen LogP contribution is -1.93. The molecule has 2 aromatic rings. The molecule has 1 heterocycles. The number of hydrogen-bond acceptors (Lipinski definition) is 2. The highest BCUT2D eigenvalue weighted by atomic mass is 14.9. The van der Waals surface area contributed by atoms with Crippen LogP contribution in [0.15, 0.2) is 36.5 Å². The monoisotopic (exact) mass is 212 g/mol. The molecule has 2 heteroatoms. The standard InChI is InChI=1S/C14H16N2/c1-10(2)12-5-4-6-13(9-12)14-15-8-7-11(3)16-14/h4-10H,1-3H3. The van der Waals surface area contributed by atoms with Crippen LogP contribution in [0.2, 0.25) is 0 Å². The van der Waals surface area contributed by atoms with E-state index < -0.39 is 0 Å². The van der Waals surface area contributed by atoms with Crippen LogP contribution in [0.5, 0.6) is 0 Å². The first-order valence-corrected chi connectivity index (χ1v) is 5.57. The number of rotatable bonds is 2. The molecule has 0 fully saturated rings. The van der Waals surface area contributed by atoms with E-state index in [0.29, 0.717) is 5.92 Å². The maximum absolute atomic E-state index is 4.43. The second-order valence-corrected chi connectivity index (χ2v) is 4.30. The van der Waals surface area contributed by atoms with E-state index in [1.54, 1.807) is 6.20 Å². The maximum Gasteiger partial charge on any atom is 0.159 e. The summed E-state index contributed by atoms with van der Waals surface area (Å²) in [4.78, 5) is 8.73. The Bertz CT molecular complexity index is 490. The molecule has 0 N–H and O–H groups in total. The Kier molecular flexibility index (Phi) is 3.00. The minimum Gasteiger partial charge on any atom is -0.237 e. The van der Waals surface area contributed by atoms with Gasteiger partial charge in [0.1, 0.15) is 0 Å². The van der Waals surface area contributed by atoms with Crippen molar-refractivity contribution in [2.75, 3.05) is 0 Å². The molecule has 82 valence electrons. The topological polar surface area (TPSA) is 25.8 Å². The van der Waals surface area contributed by atoms with Crippen LogP contribution in [0.25, 0.3) is 11.4 Å². The molecular formula is C14H16N2. The summed E-state index contributed by atoms with van der Waals surface area (Å²) >= 11 is 0. The van der Waals surface area contributed by atoms with Crippen LogP contribution in [0.1, 0.15) is 31.0 Å². The van der Waals surface area contributed by atoms with Crippen LogP contribution in [0.4, 0.5) is 0 Å². The predicted molar refractivity (Wildman–Crippen MR) is 66.3 cm³/mol. The highest BCUT2D eigenvalue weighted by molar-refractivity contribution is 5.56. The average Bonchev–Trinajstić information content (AvgIpc) is 2.29. The van der Waals surface area contributed by atoms with Crippen molar-refractivity contribution in [2.45, 2.75) is 26.7 Å². The van der Waals surface area contributed by atoms with E-state index in [1.165, 1.54) is 5.56 Å². The van der Waals surface area contributed by atoms with Crippen molar-refractivity contribution >= 4 is 0 Å².